The number of amides is 3. The summed E-state index contributed by atoms with van der Waals surface area (Å²) in [4.78, 5) is 63.1. The van der Waals surface area contributed by atoms with Crippen LogP contribution in [0, 0.1) is 0 Å². The maximum Gasteiger partial charge on any atom is 0.407 e. The highest BCUT2D eigenvalue weighted by Gasteiger charge is 2.29. The molecule has 1 aliphatic rings. The molecule has 0 heterocycles. The Bertz CT molecular complexity index is 1780. The number of ether oxygens (including phenoxy) is 3. The average molecular weight is 854 g/mol. The third kappa shape index (κ3) is 19.2. The zero-order valence-corrected chi connectivity index (χ0v) is 37.5. The molecule has 0 radical (unpaired) electrons. The number of unbranched alkanes of at least 4 members (excludes halogenated alkanes) is 13. The van der Waals surface area contributed by atoms with Crippen LogP contribution in [0.25, 0.3) is 11.1 Å². The van der Waals surface area contributed by atoms with E-state index in [-0.39, 0.29) is 62.8 Å². The van der Waals surface area contributed by atoms with Gasteiger partial charge in [-0.1, -0.05) is 156 Å². The first kappa shape index (κ1) is 49.5. The van der Waals surface area contributed by atoms with Gasteiger partial charge in [0.05, 0.1) is 0 Å². The van der Waals surface area contributed by atoms with Gasteiger partial charge in [-0.3, -0.25) is 14.4 Å². The fourth-order valence-electron chi connectivity index (χ4n) is 7.79. The van der Waals surface area contributed by atoms with Gasteiger partial charge in [0, 0.05) is 38.3 Å². The van der Waals surface area contributed by atoms with Crippen LogP contribution in [0.5, 0.6) is 0 Å². The van der Waals surface area contributed by atoms with Crippen LogP contribution >= 0.6 is 0 Å². The highest BCUT2D eigenvalue weighted by atomic mass is 16.6. The molecule has 338 valence electrons. The van der Waals surface area contributed by atoms with Crippen molar-refractivity contribution in [3.63, 3.8) is 0 Å². The number of hydrogen-bond acceptors (Lipinski definition) is 8. The van der Waals surface area contributed by atoms with Crippen LogP contribution in [0.1, 0.15) is 159 Å². The summed E-state index contributed by atoms with van der Waals surface area (Å²) < 4.78 is 16.5. The molecule has 11 nitrogen and oxygen atoms in total. The number of nitrogens with one attached hydrogen (secondary N) is 3. The highest BCUT2D eigenvalue weighted by molar-refractivity contribution is 5.85. The van der Waals surface area contributed by atoms with Crippen LogP contribution in [-0.2, 0) is 40.0 Å². The predicted octanol–water partition coefficient (Wildman–Crippen LogP) is 10.2. The van der Waals surface area contributed by atoms with Crippen molar-refractivity contribution < 1.29 is 38.2 Å². The van der Waals surface area contributed by atoms with Crippen LogP contribution in [-0.4, -0.2) is 61.2 Å². The van der Waals surface area contributed by atoms with Gasteiger partial charge in [-0.15, -0.1) is 0 Å². The summed E-state index contributed by atoms with van der Waals surface area (Å²) in [7, 11) is 0. The van der Waals surface area contributed by atoms with Gasteiger partial charge in [-0.25, -0.2) is 9.59 Å². The Hall–Kier alpha value is -5.19. The van der Waals surface area contributed by atoms with Gasteiger partial charge < -0.3 is 30.2 Å². The Morgan fingerprint density at radius 3 is 1.63 bits per heavy atom. The molecule has 0 aromatic heterocycles. The maximum absolute atomic E-state index is 13.1. The maximum atomic E-state index is 13.1. The Labute approximate surface area is 369 Å². The largest absolute Gasteiger partial charge is 0.460 e. The van der Waals surface area contributed by atoms with E-state index in [0.29, 0.717) is 12.8 Å². The minimum atomic E-state index is -0.958. The van der Waals surface area contributed by atoms with E-state index in [1.165, 1.54) is 51.4 Å². The summed E-state index contributed by atoms with van der Waals surface area (Å²) in [5.74, 6) is -1.27. The molecule has 1 aliphatic carbocycles. The minimum absolute atomic E-state index is 0.00624. The number of alkyl carbamates (subject to hydrolysis) is 1. The number of carbonyl (C=O) groups excluding carboxylic acids is 5. The average Bonchev–Trinajstić information content (AvgIpc) is 3.57. The molecular formula is C51H71N3O8. The van der Waals surface area contributed by atoms with Crippen molar-refractivity contribution in [1.82, 2.24) is 16.0 Å². The van der Waals surface area contributed by atoms with Crippen LogP contribution in [0.2, 0.25) is 0 Å². The van der Waals surface area contributed by atoms with E-state index in [9.17, 15) is 24.0 Å². The van der Waals surface area contributed by atoms with Gasteiger partial charge in [0.25, 0.3) is 0 Å². The standard InChI is InChI=1S/C51H71N3O8/c1-51(2,3)62-48(57)32-20-15-13-11-9-7-5-4-6-8-10-12-14-19-31-47(56)54-45(49(58)60-37-39-25-17-16-18-26-39)33-34-46(55)52-35-36-53-50(59)61-38-44-42-29-23-21-27-40(42)41-28-22-24-30-43(41)44/h16-18,21-30,44-45H,4-15,19-20,31-38H2,1-3H3,(H,52,55)(H,53,59)(H,54,56)/t45-/m0/s1. The lowest BCUT2D eigenvalue weighted by Crippen LogP contribution is -2.43. The van der Waals surface area contributed by atoms with Crippen LogP contribution in [0.4, 0.5) is 4.79 Å². The van der Waals surface area contributed by atoms with Gasteiger partial charge in [0.1, 0.15) is 24.9 Å². The molecule has 11 heteroatoms. The van der Waals surface area contributed by atoms with E-state index in [2.05, 4.69) is 40.2 Å². The number of benzene rings is 3. The highest BCUT2D eigenvalue weighted by Crippen LogP contribution is 2.44. The van der Waals surface area contributed by atoms with E-state index in [4.69, 9.17) is 14.2 Å². The first-order valence-electron chi connectivity index (χ1n) is 23.1. The molecule has 0 saturated heterocycles. The topological polar surface area (TPSA) is 149 Å². The number of fused-ring (bicyclic) bond motifs is 3. The van der Waals surface area contributed by atoms with E-state index >= 15 is 0 Å². The normalized spacial score (nSPS) is 12.4. The Kier molecular flexibility index (Phi) is 22.1. The quantitative estimate of drug-likeness (QED) is 0.0355. The van der Waals surface area contributed by atoms with Crippen molar-refractivity contribution in [2.24, 2.45) is 0 Å². The first-order valence-corrected chi connectivity index (χ1v) is 23.1. The molecule has 1 atom stereocenters. The number of hydrogen-bond donors (Lipinski definition) is 3. The fraction of sp³-hybridized carbons (Fsp3) is 0.549. The van der Waals surface area contributed by atoms with E-state index in [1.807, 2.05) is 75.4 Å². The van der Waals surface area contributed by atoms with Crippen molar-refractivity contribution in [3.05, 3.63) is 95.6 Å². The van der Waals surface area contributed by atoms with Gasteiger partial charge in [0.15, 0.2) is 0 Å². The molecular weight excluding hydrogens is 783 g/mol. The molecule has 3 amide bonds. The van der Waals surface area contributed by atoms with Crippen molar-refractivity contribution in [3.8, 4) is 11.1 Å². The molecule has 0 aliphatic heterocycles. The molecule has 0 unspecified atom stereocenters. The second-order valence-electron chi connectivity index (χ2n) is 17.4. The second kappa shape index (κ2) is 27.7. The molecule has 4 rings (SSSR count). The van der Waals surface area contributed by atoms with Gasteiger partial charge >= 0.3 is 18.0 Å². The van der Waals surface area contributed by atoms with Crippen molar-refractivity contribution >= 4 is 29.8 Å². The zero-order chi connectivity index (χ0) is 44.4. The lowest BCUT2D eigenvalue weighted by molar-refractivity contribution is -0.155. The fourth-order valence-corrected chi connectivity index (χ4v) is 7.79. The Morgan fingerprint density at radius 1 is 0.565 bits per heavy atom. The SMILES string of the molecule is CC(C)(C)OC(=O)CCCCCCCCCCCCCCCCC(=O)N[C@@H](CCC(=O)NCCNC(=O)OCC1c2ccccc2-c2ccccc21)C(=O)OCc1ccccc1. The summed E-state index contributed by atoms with van der Waals surface area (Å²) in [5, 5.41) is 8.28. The Morgan fingerprint density at radius 2 is 1.06 bits per heavy atom. The van der Waals surface area contributed by atoms with Crippen LogP contribution in [0.15, 0.2) is 78.9 Å². The molecule has 0 fully saturated rings. The minimum Gasteiger partial charge on any atom is -0.460 e. The van der Waals surface area contributed by atoms with E-state index in [0.717, 1.165) is 66.3 Å². The van der Waals surface area contributed by atoms with E-state index in [1.54, 1.807) is 0 Å². The summed E-state index contributed by atoms with van der Waals surface area (Å²) in [5.41, 5.74) is 4.98. The number of rotatable bonds is 29. The van der Waals surface area contributed by atoms with Crippen LogP contribution in [0.3, 0.4) is 0 Å². The lowest BCUT2D eigenvalue weighted by Gasteiger charge is -2.19. The zero-order valence-electron chi connectivity index (χ0n) is 37.5. The summed E-state index contributed by atoms with van der Waals surface area (Å²) in [6.07, 6.45) is 16.0. The molecule has 0 saturated carbocycles. The smallest absolute Gasteiger partial charge is 0.407 e. The van der Waals surface area contributed by atoms with Crippen molar-refractivity contribution in [2.75, 3.05) is 19.7 Å². The van der Waals surface area contributed by atoms with Gasteiger partial charge in [0.2, 0.25) is 11.8 Å². The number of esters is 2. The van der Waals surface area contributed by atoms with Crippen molar-refractivity contribution in [2.45, 2.75) is 161 Å². The molecule has 62 heavy (non-hydrogen) atoms. The van der Waals surface area contributed by atoms with Crippen LogP contribution < -0.4 is 16.0 Å². The molecule has 3 aromatic rings. The third-order valence-electron chi connectivity index (χ3n) is 11.0. The summed E-state index contributed by atoms with van der Waals surface area (Å²) in [6.45, 7) is 6.32. The summed E-state index contributed by atoms with van der Waals surface area (Å²) >= 11 is 0. The molecule has 3 aromatic carbocycles. The lowest BCUT2D eigenvalue weighted by atomic mass is 9.98. The molecule has 3 N–H and O–H groups in total. The third-order valence-corrected chi connectivity index (χ3v) is 11.0. The van der Waals surface area contributed by atoms with Crippen molar-refractivity contribution in [1.29, 1.82) is 0 Å². The van der Waals surface area contributed by atoms with E-state index < -0.39 is 23.7 Å². The van der Waals surface area contributed by atoms with Gasteiger partial charge in [-0.05, 0) is 67.9 Å². The Balaban J connectivity index is 1.04. The summed E-state index contributed by atoms with van der Waals surface area (Å²) in [6, 6.07) is 24.6. The molecule has 0 spiro atoms. The predicted molar refractivity (Wildman–Crippen MR) is 243 cm³/mol. The van der Waals surface area contributed by atoms with Gasteiger partial charge in [-0.2, -0.15) is 0 Å². The first-order chi connectivity index (χ1) is 30.0. The molecule has 0 bridgehead atoms. The second-order valence-corrected chi connectivity index (χ2v) is 17.4. The number of carbonyl (C=O) groups is 5. The monoisotopic (exact) mass is 854 g/mol.